The van der Waals surface area contributed by atoms with Gasteiger partial charge in [0.15, 0.2) is 0 Å². The zero-order valence-corrected chi connectivity index (χ0v) is 24.0. The van der Waals surface area contributed by atoms with Crippen molar-refractivity contribution in [1.82, 2.24) is 0 Å². The Kier molecular flexibility index (Phi) is 9.32. The molecule has 0 radical (unpaired) electrons. The van der Waals surface area contributed by atoms with Crippen molar-refractivity contribution in [2.24, 2.45) is 0 Å². The summed E-state index contributed by atoms with van der Waals surface area (Å²) in [5.41, 5.74) is 2.46. The van der Waals surface area contributed by atoms with E-state index in [1.165, 1.54) is 0 Å². The van der Waals surface area contributed by atoms with Crippen molar-refractivity contribution in [1.29, 1.82) is 0 Å². The highest BCUT2D eigenvalue weighted by Gasteiger charge is 2.24. The van der Waals surface area contributed by atoms with E-state index in [1.54, 1.807) is 55.5 Å². The molecule has 0 aromatic heterocycles. The summed E-state index contributed by atoms with van der Waals surface area (Å²) < 4.78 is 64.8. The molecule has 0 fully saturated rings. The van der Waals surface area contributed by atoms with E-state index >= 15 is 0 Å². The molecule has 0 spiro atoms. The van der Waals surface area contributed by atoms with E-state index in [0.29, 0.717) is 11.4 Å². The van der Waals surface area contributed by atoms with Crippen LogP contribution < -0.4 is 18.6 Å². The fourth-order valence-corrected chi connectivity index (χ4v) is 5.43. The summed E-state index contributed by atoms with van der Waals surface area (Å²) in [6, 6.07) is 21.8. The molecule has 0 saturated carbocycles. The van der Waals surface area contributed by atoms with Gasteiger partial charge in [-0.25, -0.2) is 8.42 Å². The number of hydrogen-bond acceptors (Lipinski definition) is 8. The lowest BCUT2D eigenvalue weighted by Crippen LogP contribution is -2.34. The fraction of sp³-hybridized carbons (Fsp3) is 0.357. The van der Waals surface area contributed by atoms with Crippen LogP contribution in [0.15, 0.2) is 72.8 Å². The van der Waals surface area contributed by atoms with Gasteiger partial charge >= 0.3 is 10.1 Å². The van der Waals surface area contributed by atoms with Crippen molar-refractivity contribution >= 4 is 25.6 Å². The third-order valence-electron chi connectivity index (χ3n) is 6.39. The van der Waals surface area contributed by atoms with Crippen LogP contribution in [0.4, 0.5) is 5.69 Å². The van der Waals surface area contributed by atoms with Gasteiger partial charge in [-0.1, -0.05) is 38.1 Å². The van der Waals surface area contributed by atoms with Crippen molar-refractivity contribution in [2.75, 3.05) is 50.0 Å². The quantitative estimate of drug-likeness (QED) is 0.285. The van der Waals surface area contributed by atoms with Crippen molar-refractivity contribution < 1.29 is 30.5 Å². The first kappa shape index (κ1) is 29.3. The van der Waals surface area contributed by atoms with E-state index in [-0.39, 0.29) is 35.8 Å². The van der Waals surface area contributed by atoms with Crippen LogP contribution in [0, 0.1) is 0 Å². The van der Waals surface area contributed by atoms with Gasteiger partial charge in [0.2, 0.25) is 0 Å². The van der Waals surface area contributed by atoms with Crippen molar-refractivity contribution in [3.63, 3.8) is 0 Å². The largest absolute Gasteiger partial charge is 0.497 e. The van der Waals surface area contributed by atoms with Crippen molar-refractivity contribution in [2.45, 2.75) is 19.3 Å². The Morgan fingerprint density at radius 2 is 1.08 bits per heavy atom. The van der Waals surface area contributed by atoms with Crippen LogP contribution in [-0.2, 0) is 25.4 Å². The van der Waals surface area contributed by atoms with Crippen LogP contribution >= 0.6 is 0 Å². The van der Waals surface area contributed by atoms with Crippen LogP contribution in [-0.4, -0.2) is 61.9 Å². The van der Waals surface area contributed by atoms with E-state index in [4.69, 9.17) is 13.7 Å². The molecular weight excluding hydrogens is 526 g/mol. The third-order valence-corrected chi connectivity index (χ3v) is 8.44. The third kappa shape index (κ3) is 8.13. The number of anilines is 1. The first-order valence-corrected chi connectivity index (χ1v) is 15.7. The minimum Gasteiger partial charge on any atom is -0.497 e. The molecule has 0 aliphatic heterocycles. The summed E-state index contributed by atoms with van der Waals surface area (Å²) >= 11 is 0. The molecule has 0 unspecified atom stereocenters. The minimum absolute atomic E-state index is 0.0623. The highest BCUT2D eigenvalue weighted by atomic mass is 32.2. The maximum absolute atomic E-state index is 12.8. The summed E-state index contributed by atoms with van der Waals surface area (Å²) in [5, 5.41) is 0. The maximum Gasteiger partial charge on any atom is 0.310 e. The van der Waals surface area contributed by atoms with Crippen molar-refractivity contribution in [3.8, 4) is 17.2 Å². The standard InChI is InChI=1S/C28H35NO7S2/c1-28(2,22-6-12-25(34-3)13-7-22)23-8-14-27(15-9-23)36-38(32,33)21-19-29(18-20-37(5,30)31)24-10-16-26(35-4)17-11-24/h6-17H,18-21H2,1-5H3. The van der Waals surface area contributed by atoms with Gasteiger partial charge in [-0.3, -0.25) is 0 Å². The molecule has 0 aliphatic rings. The summed E-state index contributed by atoms with van der Waals surface area (Å²) in [6.45, 7) is 4.39. The van der Waals surface area contributed by atoms with Crippen LogP contribution in [0.5, 0.6) is 17.2 Å². The van der Waals surface area contributed by atoms with E-state index in [2.05, 4.69) is 13.8 Å². The van der Waals surface area contributed by atoms with Gasteiger partial charge in [0, 0.05) is 30.4 Å². The second kappa shape index (κ2) is 12.1. The van der Waals surface area contributed by atoms with Crippen LogP contribution in [0.3, 0.4) is 0 Å². The number of hydrogen-bond donors (Lipinski definition) is 0. The Morgan fingerprint density at radius 1 is 0.658 bits per heavy atom. The van der Waals surface area contributed by atoms with E-state index in [9.17, 15) is 16.8 Å². The second-order valence-electron chi connectivity index (χ2n) is 9.54. The van der Waals surface area contributed by atoms with E-state index in [1.807, 2.05) is 36.4 Å². The highest BCUT2D eigenvalue weighted by molar-refractivity contribution is 7.90. The minimum atomic E-state index is -3.94. The highest BCUT2D eigenvalue weighted by Crippen LogP contribution is 2.33. The molecule has 0 amide bonds. The predicted molar refractivity (Wildman–Crippen MR) is 151 cm³/mol. The SMILES string of the molecule is COc1ccc(N(CCS(C)(=O)=O)CCS(=O)(=O)Oc2ccc(C(C)(C)c3ccc(OC)cc3)cc2)cc1. The van der Waals surface area contributed by atoms with Gasteiger partial charge in [-0.2, -0.15) is 8.42 Å². The number of benzene rings is 3. The summed E-state index contributed by atoms with van der Waals surface area (Å²) in [4.78, 5) is 1.71. The average molecular weight is 562 g/mol. The van der Waals surface area contributed by atoms with Gasteiger partial charge in [-0.15, -0.1) is 0 Å². The molecule has 10 heteroatoms. The van der Waals surface area contributed by atoms with Crippen LogP contribution in [0.1, 0.15) is 25.0 Å². The molecule has 0 bridgehead atoms. The molecule has 0 saturated heterocycles. The summed E-state index contributed by atoms with van der Waals surface area (Å²) in [6.07, 6.45) is 1.15. The smallest absolute Gasteiger partial charge is 0.310 e. The molecule has 0 N–H and O–H groups in total. The van der Waals surface area contributed by atoms with E-state index in [0.717, 1.165) is 23.1 Å². The Labute approximate surface area is 226 Å². The lowest BCUT2D eigenvalue weighted by molar-refractivity contribution is 0.414. The van der Waals surface area contributed by atoms with Gasteiger partial charge < -0.3 is 18.6 Å². The molecular formula is C28H35NO7S2. The van der Waals surface area contributed by atoms with Gasteiger partial charge in [0.25, 0.3) is 0 Å². The Hall–Kier alpha value is -3.24. The number of sulfone groups is 1. The lowest BCUT2D eigenvalue weighted by Gasteiger charge is -2.26. The monoisotopic (exact) mass is 561 g/mol. The number of nitrogens with zero attached hydrogens (tertiary/aromatic N) is 1. The zero-order chi connectivity index (χ0) is 28.0. The Bertz CT molecular complexity index is 1400. The molecule has 3 rings (SSSR count). The van der Waals surface area contributed by atoms with Crippen LogP contribution in [0.2, 0.25) is 0 Å². The van der Waals surface area contributed by atoms with Gasteiger partial charge in [0.1, 0.15) is 32.8 Å². The first-order chi connectivity index (χ1) is 17.8. The normalized spacial score (nSPS) is 12.1. The summed E-state index contributed by atoms with van der Waals surface area (Å²) in [5.74, 6) is 1.21. The van der Waals surface area contributed by atoms with Gasteiger partial charge in [-0.05, 0) is 59.7 Å². The molecule has 0 aliphatic carbocycles. The van der Waals surface area contributed by atoms with Crippen molar-refractivity contribution in [3.05, 3.63) is 83.9 Å². The average Bonchev–Trinajstić information content (AvgIpc) is 2.88. The molecule has 3 aromatic carbocycles. The molecule has 8 nitrogen and oxygen atoms in total. The molecule has 3 aromatic rings. The zero-order valence-electron chi connectivity index (χ0n) is 22.4. The molecule has 0 heterocycles. The molecule has 206 valence electrons. The van der Waals surface area contributed by atoms with E-state index < -0.39 is 20.0 Å². The van der Waals surface area contributed by atoms with Gasteiger partial charge in [0.05, 0.1) is 20.0 Å². The molecule has 38 heavy (non-hydrogen) atoms. The maximum atomic E-state index is 12.8. The fourth-order valence-electron chi connectivity index (χ4n) is 3.95. The number of methoxy groups -OCH3 is 2. The number of rotatable bonds is 13. The lowest BCUT2D eigenvalue weighted by atomic mass is 9.78. The topological polar surface area (TPSA) is 99.2 Å². The Balaban J connectivity index is 1.69. The first-order valence-electron chi connectivity index (χ1n) is 12.1. The second-order valence-corrected chi connectivity index (χ2v) is 13.5. The van der Waals surface area contributed by atoms with Crippen LogP contribution in [0.25, 0.3) is 0 Å². The molecule has 0 atom stereocenters. The summed E-state index contributed by atoms with van der Waals surface area (Å²) in [7, 11) is -4.01. The predicted octanol–water partition coefficient (Wildman–Crippen LogP) is 4.29. The Morgan fingerprint density at radius 3 is 1.53 bits per heavy atom. The number of ether oxygens (including phenoxy) is 2.